The summed E-state index contributed by atoms with van der Waals surface area (Å²) in [6, 6.07) is 5.60. The molecule has 4 nitrogen and oxygen atoms in total. The van der Waals surface area contributed by atoms with Crippen molar-refractivity contribution in [3.05, 3.63) is 23.8 Å². The lowest BCUT2D eigenvalue weighted by atomic mass is 9.97. The Morgan fingerprint density at radius 3 is 2.89 bits per heavy atom. The van der Waals surface area contributed by atoms with Gasteiger partial charge < -0.3 is 15.7 Å². The molecule has 1 aromatic carbocycles. The van der Waals surface area contributed by atoms with E-state index in [1.54, 1.807) is 12.1 Å². The molecule has 1 heterocycles. The van der Waals surface area contributed by atoms with E-state index in [4.69, 9.17) is 10.8 Å². The van der Waals surface area contributed by atoms with Crippen LogP contribution in [-0.4, -0.2) is 23.7 Å². The van der Waals surface area contributed by atoms with Crippen LogP contribution in [0.3, 0.4) is 0 Å². The van der Waals surface area contributed by atoms with Gasteiger partial charge in [0.25, 0.3) is 0 Å². The van der Waals surface area contributed by atoms with Gasteiger partial charge >= 0.3 is 5.97 Å². The lowest BCUT2D eigenvalue weighted by Crippen LogP contribution is -2.39. The van der Waals surface area contributed by atoms with Gasteiger partial charge in [0.05, 0.1) is 16.9 Å². The minimum Gasteiger partial charge on any atom is -0.478 e. The average Bonchev–Trinajstić information content (AvgIpc) is 2.40. The third-order valence-electron chi connectivity index (χ3n) is 3.83. The molecule has 4 heteroatoms. The van der Waals surface area contributed by atoms with E-state index in [2.05, 4.69) is 11.8 Å². The first-order valence-corrected chi connectivity index (χ1v) is 7.03. The number of hydrogen-bond donors (Lipinski definition) is 2. The molecule has 1 aliphatic heterocycles. The van der Waals surface area contributed by atoms with Crippen molar-refractivity contribution in [2.24, 2.45) is 0 Å². The molecule has 0 aromatic heterocycles. The quantitative estimate of drug-likeness (QED) is 0.818. The number of anilines is 2. The fourth-order valence-corrected chi connectivity index (χ4v) is 2.90. The zero-order valence-electron chi connectivity index (χ0n) is 11.4. The van der Waals surface area contributed by atoms with Crippen LogP contribution in [-0.2, 0) is 0 Å². The van der Waals surface area contributed by atoms with Crippen molar-refractivity contribution in [2.45, 2.75) is 45.1 Å². The summed E-state index contributed by atoms with van der Waals surface area (Å²) in [6.45, 7) is 3.21. The van der Waals surface area contributed by atoms with E-state index < -0.39 is 5.97 Å². The molecule has 1 aliphatic rings. The van der Waals surface area contributed by atoms with E-state index in [-0.39, 0.29) is 5.56 Å². The Morgan fingerprint density at radius 1 is 1.47 bits per heavy atom. The summed E-state index contributed by atoms with van der Waals surface area (Å²) < 4.78 is 0. The molecule has 0 spiro atoms. The van der Waals surface area contributed by atoms with Gasteiger partial charge in [0.2, 0.25) is 0 Å². The lowest BCUT2D eigenvalue weighted by Gasteiger charge is -2.38. The number of aromatic carboxylic acids is 1. The molecular weight excluding hydrogens is 240 g/mol. The minimum absolute atomic E-state index is 0.255. The number of hydrogen-bond acceptors (Lipinski definition) is 3. The van der Waals surface area contributed by atoms with Gasteiger partial charge in [0.15, 0.2) is 0 Å². The fourth-order valence-electron chi connectivity index (χ4n) is 2.90. The Kier molecular flexibility index (Phi) is 4.30. The Labute approximate surface area is 114 Å². The van der Waals surface area contributed by atoms with E-state index in [1.807, 2.05) is 6.07 Å². The topological polar surface area (TPSA) is 66.6 Å². The molecule has 0 aliphatic carbocycles. The highest BCUT2D eigenvalue weighted by Gasteiger charge is 2.23. The molecule has 0 bridgehead atoms. The minimum atomic E-state index is -0.929. The molecule has 0 radical (unpaired) electrons. The fraction of sp³-hybridized carbons (Fsp3) is 0.533. The van der Waals surface area contributed by atoms with Gasteiger partial charge in [-0.15, -0.1) is 0 Å². The van der Waals surface area contributed by atoms with Crippen molar-refractivity contribution >= 4 is 17.3 Å². The smallest absolute Gasteiger partial charge is 0.335 e. The molecule has 1 atom stereocenters. The van der Waals surface area contributed by atoms with Crippen LogP contribution in [0.15, 0.2) is 18.2 Å². The summed E-state index contributed by atoms with van der Waals surface area (Å²) in [5, 5.41) is 8.98. The normalized spacial score (nSPS) is 19.4. The molecule has 1 saturated heterocycles. The second-order valence-electron chi connectivity index (χ2n) is 5.21. The SMILES string of the molecule is CCCC1CCCCN1c1ccc(C(=O)O)cc1N. The Balaban J connectivity index is 2.26. The molecule has 0 amide bonds. The first kappa shape index (κ1) is 13.7. The number of carboxylic acid groups (broad SMARTS) is 1. The monoisotopic (exact) mass is 262 g/mol. The van der Waals surface area contributed by atoms with E-state index >= 15 is 0 Å². The van der Waals surface area contributed by atoms with Crippen LogP contribution in [0.4, 0.5) is 11.4 Å². The molecule has 19 heavy (non-hydrogen) atoms. The molecule has 2 rings (SSSR count). The third-order valence-corrected chi connectivity index (χ3v) is 3.83. The van der Waals surface area contributed by atoms with Crippen LogP contribution in [0.1, 0.15) is 49.4 Å². The van der Waals surface area contributed by atoms with Crippen molar-refractivity contribution in [3.8, 4) is 0 Å². The third kappa shape index (κ3) is 3.00. The standard InChI is InChI=1S/C15H22N2O2/c1-2-5-12-6-3-4-9-17(12)14-8-7-11(15(18)19)10-13(14)16/h7-8,10,12H,2-6,9,16H2,1H3,(H,18,19). The number of benzene rings is 1. The highest BCUT2D eigenvalue weighted by atomic mass is 16.4. The van der Waals surface area contributed by atoms with Gasteiger partial charge in [-0.25, -0.2) is 4.79 Å². The number of piperidine rings is 1. The van der Waals surface area contributed by atoms with Gasteiger partial charge in [0, 0.05) is 12.6 Å². The van der Waals surface area contributed by atoms with E-state index in [9.17, 15) is 4.79 Å². The Bertz CT molecular complexity index is 457. The molecule has 1 fully saturated rings. The number of nitrogens with zero attached hydrogens (tertiary/aromatic N) is 1. The molecule has 1 aromatic rings. The molecule has 1 unspecified atom stereocenters. The Hall–Kier alpha value is -1.71. The van der Waals surface area contributed by atoms with Crippen molar-refractivity contribution in [1.29, 1.82) is 0 Å². The number of carboxylic acids is 1. The van der Waals surface area contributed by atoms with E-state index in [1.165, 1.54) is 25.7 Å². The second kappa shape index (κ2) is 5.95. The van der Waals surface area contributed by atoms with Gasteiger partial charge in [-0.05, 0) is 43.9 Å². The maximum Gasteiger partial charge on any atom is 0.335 e. The predicted molar refractivity (Wildman–Crippen MR) is 77.7 cm³/mol. The summed E-state index contributed by atoms with van der Waals surface area (Å²) in [7, 11) is 0. The van der Waals surface area contributed by atoms with Gasteiger partial charge in [-0.3, -0.25) is 0 Å². The maximum atomic E-state index is 10.9. The molecule has 3 N–H and O–H groups in total. The van der Waals surface area contributed by atoms with Crippen LogP contribution in [0, 0.1) is 0 Å². The van der Waals surface area contributed by atoms with Crippen LogP contribution in [0.2, 0.25) is 0 Å². The molecular formula is C15H22N2O2. The maximum absolute atomic E-state index is 10.9. The largest absolute Gasteiger partial charge is 0.478 e. The predicted octanol–water partition coefficient (Wildman–Crippen LogP) is 3.13. The summed E-state index contributed by atoms with van der Waals surface area (Å²) in [4.78, 5) is 13.3. The summed E-state index contributed by atoms with van der Waals surface area (Å²) in [5.41, 5.74) is 7.86. The van der Waals surface area contributed by atoms with E-state index in [0.29, 0.717) is 11.7 Å². The Morgan fingerprint density at radius 2 is 2.26 bits per heavy atom. The highest BCUT2D eigenvalue weighted by Crippen LogP contribution is 2.32. The zero-order chi connectivity index (χ0) is 13.8. The van der Waals surface area contributed by atoms with Crippen molar-refractivity contribution in [2.75, 3.05) is 17.2 Å². The second-order valence-corrected chi connectivity index (χ2v) is 5.21. The van der Waals surface area contributed by atoms with E-state index in [0.717, 1.165) is 18.7 Å². The first-order chi connectivity index (χ1) is 9.13. The first-order valence-electron chi connectivity index (χ1n) is 7.03. The van der Waals surface area contributed by atoms with Crippen LogP contribution >= 0.6 is 0 Å². The average molecular weight is 262 g/mol. The van der Waals surface area contributed by atoms with Gasteiger partial charge in [-0.1, -0.05) is 13.3 Å². The molecule has 0 saturated carbocycles. The zero-order valence-corrected chi connectivity index (χ0v) is 11.4. The number of nitrogens with two attached hydrogens (primary N) is 1. The summed E-state index contributed by atoms with van der Waals surface area (Å²) >= 11 is 0. The number of nitrogen functional groups attached to an aromatic ring is 1. The number of carbonyl (C=O) groups is 1. The summed E-state index contributed by atoms with van der Waals surface area (Å²) in [6.07, 6.45) is 5.98. The molecule has 104 valence electrons. The van der Waals surface area contributed by atoms with Crippen molar-refractivity contribution in [1.82, 2.24) is 0 Å². The van der Waals surface area contributed by atoms with Crippen LogP contribution < -0.4 is 10.6 Å². The number of rotatable bonds is 4. The summed E-state index contributed by atoms with van der Waals surface area (Å²) in [5.74, 6) is -0.929. The van der Waals surface area contributed by atoms with Gasteiger partial charge in [-0.2, -0.15) is 0 Å². The van der Waals surface area contributed by atoms with Crippen molar-refractivity contribution in [3.63, 3.8) is 0 Å². The lowest BCUT2D eigenvalue weighted by molar-refractivity contribution is 0.0697. The van der Waals surface area contributed by atoms with Crippen molar-refractivity contribution < 1.29 is 9.90 Å². The van der Waals surface area contributed by atoms with Gasteiger partial charge in [0.1, 0.15) is 0 Å². The van der Waals surface area contributed by atoms with Crippen LogP contribution in [0.5, 0.6) is 0 Å². The highest BCUT2D eigenvalue weighted by molar-refractivity contribution is 5.90. The van der Waals surface area contributed by atoms with Crippen LogP contribution in [0.25, 0.3) is 0 Å².